The highest BCUT2D eigenvalue weighted by atomic mass is 32.2. The minimum absolute atomic E-state index is 0.00441. The lowest BCUT2D eigenvalue weighted by Crippen LogP contribution is -2.26. The minimum Gasteiger partial charge on any atom is -0.313 e. The molecule has 3 N–H and O–H groups in total. The Morgan fingerprint density at radius 3 is 2.76 bits per heavy atom. The molecule has 2 rings (SSSR count). The van der Waals surface area contributed by atoms with Gasteiger partial charge in [-0.2, -0.15) is 5.21 Å². The zero-order chi connectivity index (χ0) is 15.1. The molecule has 0 aliphatic rings. The number of sulfonamides is 1. The molecule has 0 spiro atoms. The molecule has 0 bridgehead atoms. The summed E-state index contributed by atoms with van der Waals surface area (Å²) in [6.07, 6.45) is 0.991. The summed E-state index contributed by atoms with van der Waals surface area (Å²) < 4.78 is 27.2. The molecule has 0 amide bonds. The first-order valence-electron chi connectivity index (χ1n) is 6.64. The van der Waals surface area contributed by atoms with Crippen LogP contribution in [0.1, 0.15) is 24.7 Å². The van der Waals surface area contributed by atoms with Gasteiger partial charge in [-0.1, -0.05) is 30.3 Å². The summed E-state index contributed by atoms with van der Waals surface area (Å²) in [5.74, 6) is 0.292. The van der Waals surface area contributed by atoms with Crippen LogP contribution in [0.5, 0.6) is 0 Å². The normalized spacial score (nSPS) is 11.7. The molecule has 0 radical (unpaired) electrons. The standard InChI is InChI=1S/C12H18N6O2S/c1-2-7-13-8-10-5-3-4-6-11(10)21(19,20)14-9-12-15-17-18-16-12/h3-6,13-14H,2,7-9H2,1H3,(H,15,16,17,18). The molecule has 9 heteroatoms. The maximum Gasteiger partial charge on any atom is 0.241 e. The van der Waals surface area contributed by atoms with Crippen LogP contribution in [0, 0.1) is 0 Å². The lowest BCUT2D eigenvalue weighted by atomic mass is 10.2. The van der Waals surface area contributed by atoms with Crippen LogP contribution < -0.4 is 10.0 Å². The van der Waals surface area contributed by atoms with Crippen molar-refractivity contribution in [2.24, 2.45) is 0 Å². The molecular weight excluding hydrogens is 292 g/mol. The number of H-pyrrole nitrogens is 1. The third-order valence-corrected chi connectivity index (χ3v) is 4.32. The van der Waals surface area contributed by atoms with Crippen LogP contribution in [0.4, 0.5) is 0 Å². The lowest BCUT2D eigenvalue weighted by molar-refractivity contribution is 0.576. The number of aromatic nitrogens is 4. The van der Waals surface area contributed by atoms with Gasteiger partial charge < -0.3 is 5.32 Å². The van der Waals surface area contributed by atoms with E-state index in [0.717, 1.165) is 18.5 Å². The van der Waals surface area contributed by atoms with Crippen molar-refractivity contribution < 1.29 is 8.42 Å². The molecule has 0 saturated carbocycles. The van der Waals surface area contributed by atoms with Gasteiger partial charge in [-0.05, 0) is 24.6 Å². The highest BCUT2D eigenvalue weighted by Crippen LogP contribution is 2.15. The lowest BCUT2D eigenvalue weighted by Gasteiger charge is -2.11. The van der Waals surface area contributed by atoms with Crippen molar-refractivity contribution >= 4 is 10.0 Å². The number of benzene rings is 1. The van der Waals surface area contributed by atoms with E-state index in [1.807, 2.05) is 6.07 Å². The van der Waals surface area contributed by atoms with E-state index >= 15 is 0 Å². The molecule has 1 heterocycles. The number of rotatable bonds is 8. The smallest absolute Gasteiger partial charge is 0.241 e. The molecular formula is C12H18N6O2S. The predicted octanol–water partition coefficient (Wildman–Crippen LogP) is 0.178. The molecule has 2 aromatic rings. The topological polar surface area (TPSA) is 113 Å². The summed E-state index contributed by atoms with van der Waals surface area (Å²) in [6, 6.07) is 6.90. The van der Waals surface area contributed by atoms with Gasteiger partial charge in [0.15, 0.2) is 5.82 Å². The van der Waals surface area contributed by atoms with E-state index in [9.17, 15) is 8.42 Å². The van der Waals surface area contributed by atoms with Gasteiger partial charge in [-0.15, -0.1) is 10.2 Å². The van der Waals surface area contributed by atoms with Crippen LogP contribution in [-0.2, 0) is 23.1 Å². The highest BCUT2D eigenvalue weighted by molar-refractivity contribution is 7.89. The van der Waals surface area contributed by atoms with Crippen molar-refractivity contribution in [3.05, 3.63) is 35.7 Å². The Bertz CT molecular complexity index is 656. The largest absolute Gasteiger partial charge is 0.313 e. The molecule has 21 heavy (non-hydrogen) atoms. The highest BCUT2D eigenvalue weighted by Gasteiger charge is 2.18. The molecule has 8 nitrogen and oxygen atoms in total. The Hall–Kier alpha value is -1.84. The van der Waals surface area contributed by atoms with Crippen molar-refractivity contribution in [2.45, 2.75) is 31.3 Å². The molecule has 0 fully saturated rings. The second-order valence-electron chi connectivity index (χ2n) is 4.44. The first kappa shape index (κ1) is 15.5. The fraction of sp³-hybridized carbons (Fsp3) is 0.417. The Balaban J connectivity index is 2.11. The number of hydrogen-bond donors (Lipinski definition) is 3. The van der Waals surface area contributed by atoms with Crippen molar-refractivity contribution in [2.75, 3.05) is 6.54 Å². The molecule has 1 aromatic carbocycles. The van der Waals surface area contributed by atoms with Crippen LogP contribution in [0.3, 0.4) is 0 Å². The van der Waals surface area contributed by atoms with Gasteiger partial charge in [0, 0.05) is 6.54 Å². The van der Waals surface area contributed by atoms with Crippen molar-refractivity contribution in [1.82, 2.24) is 30.7 Å². The van der Waals surface area contributed by atoms with Crippen LogP contribution in [0.2, 0.25) is 0 Å². The summed E-state index contributed by atoms with van der Waals surface area (Å²) >= 11 is 0. The van der Waals surface area contributed by atoms with Crippen molar-refractivity contribution in [1.29, 1.82) is 0 Å². The molecule has 0 aliphatic heterocycles. The average molecular weight is 310 g/mol. The predicted molar refractivity (Wildman–Crippen MR) is 76.6 cm³/mol. The summed E-state index contributed by atoms with van der Waals surface area (Å²) in [7, 11) is -3.62. The van der Waals surface area contributed by atoms with Gasteiger partial charge in [-0.3, -0.25) is 0 Å². The van der Waals surface area contributed by atoms with Gasteiger partial charge in [0.05, 0.1) is 11.4 Å². The zero-order valence-electron chi connectivity index (χ0n) is 11.7. The summed E-state index contributed by atoms with van der Waals surface area (Å²) in [6.45, 7) is 3.40. The van der Waals surface area contributed by atoms with E-state index in [1.54, 1.807) is 18.2 Å². The fourth-order valence-electron chi connectivity index (χ4n) is 1.81. The van der Waals surface area contributed by atoms with Crippen LogP contribution in [0.15, 0.2) is 29.2 Å². The first-order chi connectivity index (χ1) is 10.1. The Labute approximate surface area is 123 Å². The van der Waals surface area contributed by atoms with Gasteiger partial charge in [0.2, 0.25) is 10.0 Å². The number of aromatic amines is 1. The van der Waals surface area contributed by atoms with Crippen LogP contribution >= 0.6 is 0 Å². The maximum absolute atomic E-state index is 12.4. The van der Waals surface area contributed by atoms with Crippen molar-refractivity contribution in [3.63, 3.8) is 0 Å². The molecule has 114 valence electrons. The average Bonchev–Trinajstić information content (AvgIpc) is 2.99. The number of hydrogen-bond acceptors (Lipinski definition) is 6. The van der Waals surface area contributed by atoms with E-state index in [-0.39, 0.29) is 11.4 Å². The van der Waals surface area contributed by atoms with E-state index in [4.69, 9.17) is 0 Å². The van der Waals surface area contributed by atoms with Gasteiger partial charge in [0.25, 0.3) is 0 Å². The van der Waals surface area contributed by atoms with E-state index in [0.29, 0.717) is 12.4 Å². The Morgan fingerprint density at radius 1 is 1.24 bits per heavy atom. The van der Waals surface area contributed by atoms with Crippen molar-refractivity contribution in [3.8, 4) is 0 Å². The maximum atomic E-state index is 12.4. The first-order valence-corrected chi connectivity index (χ1v) is 8.12. The second kappa shape index (κ2) is 7.25. The quantitative estimate of drug-likeness (QED) is 0.599. The number of nitrogens with one attached hydrogen (secondary N) is 3. The van der Waals surface area contributed by atoms with Crippen LogP contribution in [-0.4, -0.2) is 35.6 Å². The monoisotopic (exact) mass is 310 g/mol. The van der Waals surface area contributed by atoms with E-state index in [2.05, 4.69) is 37.6 Å². The van der Waals surface area contributed by atoms with Crippen LogP contribution in [0.25, 0.3) is 0 Å². The molecule has 0 aliphatic carbocycles. The molecule has 0 atom stereocenters. The van der Waals surface area contributed by atoms with Gasteiger partial charge >= 0.3 is 0 Å². The second-order valence-corrected chi connectivity index (χ2v) is 6.17. The third-order valence-electron chi connectivity index (χ3n) is 2.81. The Morgan fingerprint density at radius 2 is 2.05 bits per heavy atom. The Kier molecular flexibility index (Phi) is 5.37. The molecule has 0 saturated heterocycles. The number of tetrazole rings is 1. The summed E-state index contributed by atoms with van der Waals surface area (Å²) in [5, 5.41) is 16.3. The fourth-order valence-corrected chi connectivity index (χ4v) is 3.02. The number of nitrogens with zero attached hydrogens (tertiary/aromatic N) is 3. The molecule has 1 aromatic heterocycles. The summed E-state index contributed by atoms with van der Waals surface area (Å²) in [5.41, 5.74) is 0.728. The van der Waals surface area contributed by atoms with Gasteiger partial charge in [0.1, 0.15) is 0 Å². The SMILES string of the molecule is CCCNCc1ccccc1S(=O)(=O)NCc1nn[nH]n1. The zero-order valence-corrected chi connectivity index (χ0v) is 12.5. The van der Waals surface area contributed by atoms with E-state index < -0.39 is 10.0 Å². The molecule has 0 unspecified atom stereocenters. The third kappa shape index (κ3) is 4.31. The minimum atomic E-state index is -3.62. The van der Waals surface area contributed by atoms with E-state index in [1.165, 1.54) is 0 Å². The summed E-state index contributed by atoms with van der Waals surface area (Å²) in [4.78, 5) is 0.261. The van der Waals surface area contributed by atoms with Gasteiger partial charge in [-0.25, -0.2) is 13.1 Å².